The lowest BCUT2D eigenvalue weighted by molar-refractivity contribution is -0.130. The highest BCUT2D eigenvalue weighted by molar-refractivity contribution is 7.91. The first-order chi connectivity index (χ1) is 23.0. The normalized spacial score (nSPS) is 15.3. The van der Waals surface area contributed by atoms with E-state index in [4.69, 9.17) is 5.41 Å². The van der Waals surface area contributed by atoms with Crippen LogP contribution < -0.4 is 16.0 Å². The SMILES string of the molecule is CCC(=O)NC(Cc1ccc(C(=N)N2CCS(=O)(=O)CC2)cc1)C(=O)NCC(=O)NC(Cc1c[nH]c2ccccc12)C(=O)c1nccs1. The number of para-hydroxylation sites is 1. The van der Waals surface area contributed by atoms with Gasteiger partial charge in [-0.2, -0.15) is 0 Å². The third-order valence-electron chi connectivity index (χ3n) is 8.12. The Kier molecular flexibility index (Phi) is 11.0. The Hall–Kier alpha value is -4.89. The molecular formula is C33H37N7O6S2. The van der Waals surface area contributed by atoms with Gasteiger partial charge in [0.15, 0.2) is 14.8 Å². The molecule has 252 valence electrons. The topological polar surface area (TPSA) is 194 Å². The number of benzene rings is 2. The number of aromatic nitrogens is 2. The van der Waals surface area contributed by atoms with E-state index in [-0.39, 0.29) is 66.4 Å². The van der Waals surface area contributed by atoms with Crippen molar-refractivity contribution in [2.45, 2.75) is 38.3 Å². The van der Waals surface area contributed by atoms with Gasteiger partial charge in [-0.1, -0.05) is 49.4 Å². The van der Waals surface area contributed by atoms with Crippen molar-refractivity contribution in [1.82, 2.24) is 30.8 Å². The van der Waals surface area contributed by atoms with Gasteiger partial charge < -0.3 is 25.8 Å². The van der Waals surface area contributed by atoms with Gasteiger partial charge in [-0.3, -0.25) is 24.6 Å². The second-order valence-corrected chi connectivity index (χ2v) is 14.7. The number of aromatic amines is 1. The molecule has 2 unspecified atom stereocenters. The quantitative estimate of drug-likeness (QED) is 0.0796. The molecular weight excluding hydrogens is 655 g/mol. The van der Waals surface area contributed by atoms with Crippen LogP contribution in [-0.4, -0.2) is 95.8 Å². The highest BCUT2D eigenvalue weighted by Crippen LogP contribution is 2.21. The molecule has 0 spiro atoms. The summed E-state index contributed by atoms with van der Waals surface area (Å²) in [4.78, 5) is 61.0. The van der Waals surface area contributed by atoms with Crippen LogP contribution in [0.15, 0.2) is 66.3 Å². The fourth-order valence-electron chi connectivity index (χ4n) is 5.42. The maximum Gasteiger partial charge on any atom is 0.243 e. The summed E-state index contributed by atoms with van der Waals surface area (Å²) in [6.07, 6.45) is 3.81. The Bertz CT molecular complexity index is 1890. The first-order valence-electron chi connectivity index (χ1n) is 15.5. The molecule has 48 heavy (non-hydrogen) atoms. The van der Waals surface area contributed by atoms with Crippen molar-refractivity contribution in [3.63, 3.8) is 0 Å². The van der Waals surface area contributed by atoms with Crippen molar-refractivity contribution in [3.8, 4) is 0 Å². The molecule has 2 atom stereocenters. The fourth-order valence-corrected chi connectivity index (χ4v) is 7.25. The smallest absolute Gasteiger partial charge is 0.243 e. The number of rotatable bonds is 13. The maximum atomic E-state index is 13.3. The predicted octanol–water partition coefficient (Wildman–Crippen LogP) is 1.84. The molecule has 15 heteroatoms. The van der Waals surface area contributed by atoms with Crippen molar-refractivity contribution < 1.29 is 27.6 Å². The standard InChI is InChI=1S/C33H37N7O6S2/c1-2-28(41)39-27(17-21-7-9-22(10-8-21)31(34)40-12-15-48(45,46)16-13-40)32(44)37-20-29(42)38-26(30(43)33-35-11-14-47-33)18-23-19-36-25-6-4-3-5-24(23)25/h3-11,14,19,26-27,34,36H,2,12-13,15-18,20H2,1H3,(H,37,44)(H,38,42)(H,39,41). The van der Waals surface area contributed by atoms with E-state index in [9.17, 15) is 27.6 Å². The van der Waals surface area contributed by atoms with Crippen molar-refractivity contribution in [1.29, 1.82) is 5.41 Å². The van der Waals surface area contributed by atoms with E-state index in [1.165, 1.54) is 17.5 Å². The molecule has 0 aliphatic carbocycles. The molecule has 1 fully saturated rings. The summed E-state index contributed by atoms with van der Waals surface area (Å²) in [6, 6.07) is 12.7. The summed E-state index contributed by atoms with van der Waals surface area (Å²) < 4.78 is 23.5. The fraction of sp³-hybridized carbons (Fsp3) is 0.333. The molecule has 2 aromatic carbocycles. The van der Waals surface area contributed by atoms with E-state index in [1.54, 1.807) is 47.7 Å². The Balaban J connectivity index is 1.22. The second-order valence-electron chi connectivity index (χ2n) is 11.5. The number of H-pyrrole nitrogens is 1. The first kappa shape index (κ1) is 34.4. The zero-order valence-electron chi connectivity index (χ0n) is 26.3. The van der Waals surface area contributed by atoms with Crippen LogP contribution in [0.5, 0.6) is 0 Å². The van der Waals surface area contributed by atoms with E-state index >= 15 is 0 Å². The second kappa shape index (κ2) is 15.3. The number of amides is 3. The Labute approximate surface area is 281 Å². The van der Waals surface area contributed by atoms with Crippen LogP contribution in [0.3, 0.4) is 0 Å². The van der Waals surface area contributed by atoms with Crippen LogP contribution in [0.4, 0.5) is 0 Å². The number of ketones is 1. The molecule has 0 bridgehead atoms. The predicted molar refractivity (Wildman–Crippen MR) is 183 cm³/mol. The number of carbonyl (C=O) groups is 4. The average Bonchev–Trinajstić information content (AvgIpc) is 3.77. The van der Waals surface area contributed by atoms with Crippen molar-refractivity contribution in [2.75, 3.05) is 31.1 Å². The summed E-state index contributed by atoms with van der Waals surface area (Å²) in [5.41, 5.74) is 3.06. The lowest BCUT2D eigenvalue weighted by Gasteiger charge is -2.29. The summed E-state index contributed by atoms with van der Waals surface area (Å²) in [5, 5.41) is 19.4. The first-order valence-corrected chi connectivity index (χ1v) is 18.2. The number of fused-ring (bicyclic) bond motifs is 1. The van der Waals surface area contributed by atoms with E-state index in [0.29, 0.717) is 11.1 Å². The Morgan fingerprint density at radius 2 is 1.69 bits per heavy atom. The summed E-state index contributed by atoms with van der Waals surface area (Å²) >= 11 is 1.18. The highest BCUT2D eigenvalue weighted by atomic mass is 32.2. The van der Waals surface area contributed by atoms with Gasteiger partial charge in [0.05, 0.1) is 24.1 Å². The van der Waals surface area contributed by atoms with Gasteiger partial charge in [0.1, 0.15) is 11.9 Å². The van der Waals surface area contributed by atoms with Crippen LogP contribution in [0, 0.1) is 5.41 Å². The molecule has 5 N–H and O–H groups in total. The summed E-state index contributed by atoms with van der Waals surface area (Å²) in [5.74, 6) is -1.61. The maximum absolute atomic E-state index is 13.3. The molecule has 1 aliphatic heterocycles. The number of nitrogens with one attached hydrogen (secondary N) is 5. The zero-order valence-corrected chi connectivity index (χ0v) is 28.0. The third kappa shape index (κ3) is 8.72. The van der Waals surface area contributed by atoms with Gasteiger partial charge in [0, 0.05) is 66.6 Å². The monoisotopic (exact) mass is 691 g/mol. The van der Waals surface area contributed by atoms with Gasteiger partial charge in [-0.05, 0) is 17.2 Å². The molecule has 3 heterocycles. The van der Waals surface area contributed by atoms with Crippen LogP contribution in [0.25, 0.3) is 10.9 Å². The average molecular weight is 692 g/mol. The van der Waals surface area contributed by atoms with E-state index < -0.39 is 40.3 Å². The molecule has 2 aromatic heterocycles. The van der Waals surface area contributed by atoms with Gasteiger partial charge in [-0.15, -0.1) is 11.3 Å². The number of sulfone groups is 1. The summed E-state index contributed by atoms with van der Waals surface area (Å²) in [7, 11) is -3.07. The third-order valence-corrected chi connectivity index (χ3v) is 10.5. The minimum Gasteiger partial charge on any atom is -0.361 e. The molecule has 0 saturated carbocycles. The number of carbonyl (C=O) groups excluding carboxylic acids is 4. The number of amidine groups is 1. The van der Waals surface area contributed by atoms with Gasteiger partial charge in [0.25, 0.3) is 0 Å². The van der Waals surface area contributed by atoms with Crippen LogP contribution >= 0.6 is 11.3 Å². The van der Waals surface area contributed by atoms with Crippen LogP contribution in [-0.2, 0) is 37.1 Å². The summed E-state index contributed by atoms with van der Waals surface area (Å²) in [6.45, 7) is 1.75. The van der Waals surface area contributed by atoms with Gasteiger partial charge >= 0.3 is 0 Å². The number of Topliss-reactive ketones (excluding diaryl/α,β-unsaturated/α-hetero) is 1. The lowest BCUT2D eigenvalue weighted by Crippen LogP contribution is -2.51. The van der Waals surface area contributed by atoms with Crippen molar-refractivity contribution >= 4 is 61.4 Å². The van der Waals surface area contributed by atoms with Crippen molar-refractivity contribution in [2.24, 2.45) is 0 Å². The number of nitrogens with zero attached hydrogens (tertiary/aromatic N) is 2. The highest BCUT2D eigenvalue weighted by Gasteiger charge is 2.27. The Morgan fingerprint density at radius 1 is 0.979 bits per heavy atom. The largest absolute Gasteiger partial charge is 0.361 e. The van der Waals surface area contributed by atoms with Crippen LogP contribution in [0.2, 0.25) is 0 Å². The van der Waals surface area contributed by atoms with E-state index in [1.807, 2.05) is 24.3 Å². The van der Waals surface area contributed by atoms with Crippen LogP contribution in [0.1, 0.15) is 39.8 Å². The van der Waals surface area contributed by atoms with E-state index in [0.717, 1.165) is 16.5 Å². The molecule has 13 nitrogen and oxygen atoms in total. The minimum atomic E-state index is -3.07. The molecule has 1 aliphatic rings. The zero-order chi connectivity index (χ0) is 34.3. The lowest BCUT2D eigenvalue weighted by atomic mass is 10.0. The van der Waals surface area contributed by atoms with Crippen molar-refractivity contribution in [3.05, 3.63) is 88.0 Å². The van der Waals surface area contributed by atoms with Gasteiger partial charge in [-0.25, -0.2) is 13.4 Å². The molecule has 0 radical (unpaired) electrons. The molecule has 4 aromatic rings. The molecule has 3 amide bonds. The molecule has 5 rings (SSSR count). The molecule has 1 saturated heterocycles. The number of thiazole rings is 1. The number of hydrogen-bond donors (Lipinski definition) is 5. The Morgan fingerprint density at radius 3 is 2.38 bits per heavy atom. The number of hydrogen-bond acceptors (Lipinski definition) is 9. The van der Waals surface area contributed by atoms with Gasteiger partial charge in [0.2, 0.25) is 23.5 Å². The minimum absolute atomic E-state index is 0.00625. The van der Waals surface area contributed by atoms with E-state index in [2.05, 4.69) is 25.9 Å².